The maximum atomic E-state index is 14.6. The summed E-state index contributed by atoms with van der Waals surface area (Å²) < 4.78 is 14.6. The summed E-state index contributed by atoms with van der Waals surface area (Å²) in [7, 11) is 0. The van der Waals surface area contributed by atoms with Crippen LogP contribution in [-0.4, -0.2) is 15.0 Å². The van der Waals surface area contributed by atoms with E-state index < -0.39 is 0 Å². The van der Waals surface area contributed by atoms with E-state index in [-0.39, 0.29) is 11.6 Å². The van der Waals surface area contributed by atoms with Gasteiger partial charge in [0.2, 0.25) is 5.95 Å². The number of hydrogen-bond acceptors (Lipinski definition) is 5. The summed E-state index contributed by atoms with van der Waals surface area (Å²) in [5.41, 5.74) is 12.6. The van der Waals surface area contributed by atoms with E-state index in [4.69, 9.17) is 5.73 Å². The summed E-state index contributed by atoms with van der Waals surface area (Å²) in [6, 6.07) is 10.8. The number of anilines is 3. The highest BCUT2D eigenvalue weighted by Gasteiger charge is 2.17. The maximum absolute atomic E-state index is 14.6. The van der Waals surface area contributed by atoms with Crippen molar-refractivity contribution in [3.05, 3.63) is 76.7 Å². The number of nitrogens with one attached hydrogen (secondary N) is 1. The number of nitrogens with two attached hydrogens (primary N) is 1. The predicted molar refractivity (Wildman–Crippen MR) is 126 cm³/mol. The Morgan fingerprint density at radius 1 is 1.00 bits per heavy atom. The van der Waals surface area contributed by atoms with Gasteiger partial charge in [0.1, 0.15) is 17.5 Å². The van der Waals surface area contributed by atoms with Crippen LogP contribution in [0.1, 0.15) is 29.2 Å². The molecular formula is C25H24FN5. The smallest absolute Gasteiger partial charge is 0.230 e. The molecule has 31 heavy (non-hydrogen) atoms. The number of rotatable bonds is 4. The van der Waals surface area contributed by atoms with Crippen LogP contribution < -0.4 is 11.1 Å². The first-order chi connectivity index (χ1) is 14.9. The van der Waals surface area contributed by atoms with E-state index in [0.29, 0.717) is 28.2 Å². The lowest BCUT2D eigenvalue weighted by Gasteiger charge is -2.15. The van der Waals surface area contributed by atoms with Crippen molar-refractivity contribution in [2.45, 2.75) is 27.7 Å². The van der Waals surface area contributed by atoms with Crippen LogP contribution in [0.2, 0.25) is 0 Å². The van der Waals surface area contributed by atoms with Gasteiger partial charge in [-0.05, 0) is 73.7 Å². The van der Waals surface area contributed by atoms with Crippen molar-refractivity contribution < 1.29 is 4.39 Å². The third kappa shape index (κ3) is 4.10. The first kappa shape index (κ1) is 20.5. The van der Waals surface area contributed by atoms with E-state index in [9.17, 15) is 4.39 Å². The molecule has 0 aliphatic carbocycles. The van der Waals surface area contributed by atoms with E-state index in [1.807, 2.05) is 52.0 Å². The zero-order chi connectivity index (χ0) is 22.1. The second-order valence-electron chi connectivity index (χ2n) is 7.66. The van der Waals surface area contributed by atoms with Gasteiger partial charge in [-0.1, -0.05) is 30.4 Å². The Kier molecular flexibility index (Phi) is 5.38. The highest BCUT2D eigenvalue weighted by molar-refractivity contribution is 6.00. The molecule has 5 nitrogen and oxygen atoms in total. The molecule has 0 aliphatic rings. The molecule has 2 aromatic carbocycles. The van der Waals surface area contributed by atoms with Crippen molar-refractivity contribution in [1.82, 2.24) is 15.0 Å². The summed E-state index contributed by atoms with van der Waals surface area (Å²) in [6.45, 7) is 7.99. The molecule has 0 amide bonds. The minimum absolute atomic E-state index is 0.209. The third-order valence-corrected chi connectivity index (χ3v) is 5.13. The van der Waals surface area contributed by atoms with Crippen LogP contribution >= 0.6 is 0 Å². The molecule has 0 aliphatic heterocycles. The van der Waals surface area contributed by atoms with Gasteiger partial charge in [0.25, 0.3) is 0 Å². The van der Waals surface area contributed by atoms with Crippen molar-refractivity contribution in [3.8, 4) is 11.1 Å². The van der Waals surface area contributed by atoms with Gasteiger partial charge in [0.05, 0.1) is 5.52 Å². The molecule has 2 aromatic heterocycles. The van der Waals surface area contributed by atoms with Crippen LogP contribution in [0.15, 0.2) is 48.7 Å². The standard InChI is InChI=1S/C25H24FN5/c1-5-6-17-9-15(3)22(16(4)10-17)19-11-18(26)12-20-23(19)30-25(31-24(20)27)29-21-8-7-14(2)13-28-21/h5-13H,1-4H3,(H3,27,28,29,30,31)/b6-5+. The first-order valence-corrected chi connectivity index (χ1v) is 10.1. The number of aryl methyl sites for hydroxylation is 3. The molecule has 0 bridgehead atoms. The number of aromatic nitrogens is 3. The van der Waals surface area contributed by atoms with Crippen LogP contribution in [0.3, 0.4) is 0 Å². The van der Waals surface area contributed by atoms with Crippen molar-refractivity contribution >= 4 is 34.6 Å². The summed E-state index contributed by atoms with van der Waals surface area (Å²) in [5.74, 6) is 0.752. The topological polar surface area (TPSA) is 76.7 Å². The Bertz CT molecular complexity index is 1290. The van der Waals surface area contributed by atoms with Crippen molar-refractivity contribution in [1.29, 1.82) is 0 Å². The SMILES string of the molecule is C/C=C/c1cc(C)c(-c2cc(F)cc3c(N)nc(Nc4ccc(C)cn4)nc23)c(C)c1. The van der Waals surface area contributed by atoms with Crippen LogP contribution in [-0.2, 0) is 0 Å². The quantitative estimate of drug-likeness (QED) is 0.422. The first-order valence-electron chi connectivity index (χ1n) is 10.1. The number of nitrogens with zero attached hydrogens (tertiary/aromatic N) is 3. The molecule has 0 unspecified atom stereocenters. The molecule has 6 heteroatoms. The summed E-state index contributed by atoms with van der Waals surface area (Å²) in [6.07, 6.45) is 5.80. The fourth-order valence-electron chi connectivity index (χ4n) is 3.83. The molecule has 3 N–H and O–H groups in total. The van der Waals surface area contributed by atoms with E-state index in [1.54, 1.807) is 6.20 Å². The van der Waals surface area contributed by atoms with Crippen LogP contribution in [0, 0.1) is 26.6 Å². The van der Waals surface area contributed by atoms with E-state index in [2.05, 4.69) is 32.4 Å². The lowest BCUT2D eigenvalue weighted by Crippen LogP contribution is -2.04. The number of allylic oxidation sites excluding steroid dienone is 1. The molecule has 0 spiro atoms. The van der Waals surface area contributed by atoms with Gasteiger partial charge in [-0.25, -0.2) is 14.4 Å². The lowest BCUT2D eigenvalue weighted by atomic mass is 9.92. The average molecular weight is 414 g/mol. The molecule has 156 valence electrons. The Labute approximate surface area is 180 Å². The van der Waals surface area contributed by atoms with E-state index in [0.717, 1.165) is 27.8 Å². The molecule has 0 radical (unpaired) electrons. The van der Waals surface area contributed by atoms with Gasteiger partial charge in [-0.2, -0.15) is 4.98 Å². The zero-order valence-electron chi connectivity index (χ0n) is 18.0. The molecule has 0 atom stereocenters. The van der Waals surface area contributed by atoms with Crippen molar-refractivity contribution in [3.63, 3.8) is 0 Å². The summed E-state index contributed by atoms with van der Waals surface area (Å²) in [4.78, 5) is 13.3. The number of nitrogen functional groups attached to an aromatic ring is 1. The second kappa shape index (κ2) is 8.14. The Morgan fingerprint density at radius 2 is 1.74 bits per heavy atom. The van der Waals surface area contributed by atoms with Gasteiger partial charge in [0.15, 0.2) is 0 Å². The number of benzene rings is 2. The normalized spacial score (nSPS) is 11.4. The van der Waals surface area contributed by atoms with Crippen LogP contribution in [0.4, 0.5) is 22.0 Å². The largest absolute Gasteiger partial charge is 0.383 e. The van der Waals surface area contributed by atoms with Gasteiger partial charge in [-0.15, -0.1) is 0 Å². The highest BCUT2D eigenvalue weighted by atomic mass is 19.1. The van der Waals surface area contributed by atoms with Gasteiger partial charge < -0.3 is 11.1 Å². The minimum atomic E-state index is -0.380. The minimum Gasteiger partial charge on any atom is -0.383 e. The van der Waals surface area contributed by atoms with Gasteiger partial charge >= 0.3 is 0 Å². The molecule has 2 heterocycles. The second-order valence-corrected chi connectivity index (χ2v) is 7.66. The van der Waals surface area contributed by atoms with Crippen molar-refractivity contribution in [2.24, 2.45) is 0 Å². The van der Waals surface area contributed by atoms with Crippen molar-refractivity contribution in [2.75, 3.05) is 11.1 Å². The number of hydrogen-bond donors (Lipinski definition) is 2. The van der Waals surface area contributed by atoms with Crippen LogP contribution in [0.5, 0.6) is 0 Å². The summed E-state index contributed by atoms with van der Waals surface area (Å²) in [5, 5.41) is 3.58. The fourth-order valence-corrected chi connectivity index (χ4v) is 3.83. The van der Waals surface area contributed by atoms with Gasteiger partial charge in [0, 0.05) is 17.1 Å². The molecule has 4 aromatic rings. The Morgan fingerprint density at radius 3 is 2.39 bits per heavy atom. The molecular weight excluding hydrogens is 389 g/mol. The van der Waals surface area contributed by atoms with Crippen LogP contribution in [0.25, 0.3) is 28.1 Å². The fraction of sp³-hybridized carbons (Fsp3) is 0.160. The predicted octanol–water partition coefficient (Wildman–Crippen LogP) is 6.12. The maximum Gasteiger partial charge on any atom is 0.230 e. The number of pyridine rings is 1. The monoisotopic (exact) mass is 413 g/mol. The number of halogens is 1. The third-order valence-electron chi connectivity index (χ3n) is 5.13. The van der Waals surface area contributed by atoms with E-state index in [1.165, 1.54) is 12.1 Å². The molecule has 0 saturated carbocycles. The molecule has 0 saturated heterocycles. The Balaban J connectivity index is 1.91. The average Bonchev–Trinajstić information content (AvgIpc) is 2.70. The lowest BCUT2D eigenvalue weighted by molar-refractivity contribution is 0.630. The van der Waals surface area contributed by atoms with E-state index >= 15 is 0 Å². The molecule has 4 rings (SSSR count). The van der Waals surface area contributed by atoms with Gasteiger partial charge in [-0.3, -0.25) is 0 Å². The highest BCUT2D eigenvalue weighted by Crippen LogP contribution is 2.36. The summed E-state index contributed by atoms with van der Waals surface area (Å²) >= 11 is 0. The zero-order valence-corrected chi connectivity index (χ0v) is 18.0. The Hall–Kier alpha value is -3.80. The molecule has 0 fully saturated rings. The number of fused-ring (bicyclic) bond motifs is 1.